The van der Waals surface area contributed by atoms with Crippen molar-refractivity contribution in [2.75, 3.05) is 26.7 Å². The van der Waals surface area contributed by atoms with E-state index in [0.717, 1.165) is 32.5 Å². The molecule has 2 aliphatic heterocycles. The third-order valence-corrected chi connectivity index (χ3v) is 4.99. The van der Waals surface area contributed by atoms with E-state index < -0.39 is 0 Å². The van der Waals surface area contributed by atoms with Gasteiger partial charge in [0.2, 0.25) is 0 Å². The van der Waals surface area contributed by atoms with Crippen LogP contribution in [0.15, 0.2) is 42.5 Å². The molecule has 124 valence electrons. The minimum atomic E-state index is -0.189. The molecule has 0 aromatic heterocycles. The number of hydrogen-bond acceptors (Lipinski definition) is 3. The maximum absolute atomic E-state index is 11.9. The average Bonchev–Trinajstić information content (AvgIpc) is 2.62. The Morgan fingerprint density at radius 2 is 2.09 bits per heavy atom. The first-order valence-corrected chi connectivity index (χ1v) is 8.55. The highest BCUT2D eigenvalue weighted by molar-refractivity contribution is 5.68. The second kappa shape index (κ2) is 7.64. The van der Waals surface area contributed by atoms with Gasteiger partial charge < -0.3 is 15.0 Å². The van der Waals surface area contributed by atoms with Gasteiger partial charge in [-0.3, -0.25) is 0 Å². The Bertz CT molecular complexity index is 544. The molecule has 4 rings (SSSR count). The molecule has 3 unspecified atom stereocenters. The fourth-order valence-corrected chi connectivity index (χ4v) is 3.80. The number of rotatable bonds is 6. The summed E-state index contributed by atoms with van der Waals surface area (Å²) in [6.07, 6.45) is 7.63. The molecular formula is C19H26N2O2. The molecule has 1 amide bonds. The van der Waals surface area contributed by atoms with Crippen LogP contribution in [0, 0.1) is 11.8 Å². The normalized spacial score (nSPS) is 25.6. The smallest absolute Gasteiger partial charge is 0.410 e. The van der Waals surface area contributed by atoms with Crippen LogP contribution in [0.2, 0.25) is 0 Å². The zero-order valence-electron chi connectivity index (χ0n) is 13.8. The van der Waals surface area contributed by atoms with Crippen LogP contribution in [0.25, 0.3) is 0 Å². The fourth-order valence-electron chi connectivity index (χ4n) is 3.80. The Kier molecular flexibility index (Phi) is 5.34. The summed E-state index contributed by atoms with van der Waals surface area (Å²) in [6.45, 7) is 2.82. The summed E-state index contributed by atoms with van der Waals surface area (Å²) in [4.78, 5) is 13.8. The van der Waals surface area contributed by atoms with Gasteiger partial charge in [0.15, 0.2) is 0 Å². The highest BCUT2D eigenvalue weighted by atomic mass is 16.5. The third-order valence-electron chi connectivity index (χ3n) is 4.99. The summed E-state index contributed by atoms with van der Waals surface area (Å²) in [5, 5.41) is 3.54. The fraction of sp³-hybridized carbons (Fsp3) is 0.526. The zero-order chi connectivity index (χ0) is 16.1. The molecule has 0 spiro atoms. The van der Waals surface area contributed by atoms with Crippen LogP contribution >= 0.6 is 0 Å². The molecule has 2 bridgehead atoms. The maximum Gasteiger partial charge on any atom is 0.410 e. The Labute approximate surface area is 138 Å². The minimum Gasteiger partial charge on any atom is -0.453 e. The Morgan fingerprint density at radius 1 is 1.26 bits per heavy atom. The van der Waals surface area contributed by atoms with Crippen molar-refractivity contribution in [3.8, 4) is 0 Å². The molecule has 3 atom stereocenters. The Balaban J connectivity index is 1.42. The van der Waals surface area contributed by atoms with Gasteiger partial charge >= 0.3 is 6.09 Å². The van der Waals surface area contributed by atoms with Crippen molar-refractivity contribution < 1.29 is 9.53 Å². The van der Waals surface area contributed by atoms with E-state index in [1.165, 1.54) is 19.1 Å². The number of benzene rings is 1. The van der Waals surface area contributed by atoms with Gasteiger partial charge in [0.05, 0.1) is 13.2 Å². The van der Waals surface area contributed by atoms with Crippen LogP contribution in [0.5, 0.6) is 0 Å². The van der Waals surface area contributed by atoms with E-state index in [2.05, 4.69) is 47.8 Å². The number of nitrogens with one attached hydrogen (secondary N) is 1. The van der Waals surface area contributed by atoms with Crippen LogP contribution in [-0.4, -0.2) is 43.8 Å². The van der Waals surface area contributed by atoms with Gasteiger partial charge in [-0.1, -0.05) is 42.5 Å². The monoisotopic (exact) mass is 314 g/mol. The first-order valence-electron chi connectivity index (χ1n) is 8.55. The number of carbonyl (C=O) groups excluding carboxylic acids is 1. The molecule has 0 saturated carbocycles. The van der Waals surface area contributed by atoms with Gasteiger partial charge in [0.1, 0.15) is 0 Å². The highest BCUT2D eigenvalue weighted by Gasteiger charge is 2.39. The SMILES string of the molecule is COC(=O)N1CC2C=CC1C(CCNCCc1ccccc1)C2. The van der Waals surface area contributed by atoms with Crippen molar-refractivity contribution in [3.05, 3.63) is 48.0 Å². The first kappa shape index (κ1) is 16.1. The van der Waals surface area contributed by atoms with Crippen molar-refractivity contribution in [2.24, 2.45) is 11.8 Å². The van der Waals surface area contributed by atoms with Crippen LogP contribution in [0.3, 0.4) is 0 Å². The predicted molar refractivity (Wildman–Crippen MR) is 91.3 cm³/mol. The van der Waals surface area contributed by atoms with Gasteiger partial charge in [-0.2, -0.15) is 0 Å². The van der Waals surface area contributed by atoms with Crippen LogP contribution in [0.1, 0.15) is 18.4 Å². The predicted octanol–water partition coefficient (Wildman–Crippen LogP) is 2.85. The van der Waals surface area contributed by atoms with E-state index in [-0.39, 0.29) is 12.1 Å². The summed E-state index contributed by atoms with van der Waals surface area (Å²) >= 11 is 0. The van der Waals surface area contributed by atoms with E-state index in [9.17, 15) is 4.79 Å². The number of methoxy groups -OCH3 is 1. The number of ether oxygens (including phenoxy) is 1. The topological polar surface area (TPSA) is 41.6 Å². The van der Waals surface area contributed by atoms with E-state index >= 15 is 0 Å². The molecule has 1 N–H and O–H groups in total. The molecule has 0 radical (unpaired) electrons. The molecule has 1 aliphatic carbocycles. The van der Waals surface area contributed by atoms with E-state index in [1.54, 1.807) is 0 Å². The first-order chi connectivity index (χ1) is 11.3. The summed E-state index contributed by atoms with van der Waals surface area (Å²) in [6, 6.07) is 10.8. The quantitative estimate of drug-likeness (QED) is 0.648. The standard InChI is InChI=1S/C19H26N2O2/c1-23-19(22)21-14-16-7-8-18(21)17(13-16)10-12-20-11-9-15-5-3-2-4-6-15/h2-8,16-18,20H,9-14H2,1H3. The molecule has 23 heavy (non-hydrogen) atoms. The van der Waals surface area contributed by atoms with E-state index in [0.29, 0.717) is 11.8 Å². The number of fused-ring (bicyclic) bond motifs is 2. The minimum absolute atomic E-state index is 0.189. The Morgan fingerprint density at radius 3 is 2.83 bits per heavy atom. The van der Waals surface area contributed by atoms with E-state index in [1.807, 2.05) is 4.90 Å². The number of hydrogen-bond donors (Lipinski definition) is 1. The highest BCUT2D eigenvalue weighted by Crippen LogP contribution is 2.36. The average molecular weight is 314 g/mol. The third kappa shape index (κ3) is 3.94. The number of amides is 1. The lowest BCUT2D eigenvalue weighted by atomic mass is 9.76. The molecule has 1 aromatic rings. The molecule has 4 heteroatoms. The van der Waals surface area contributed by atoms with Crippen molar-refractivity contribution in [1.29, 1.82) is 0 Å². The lowest BCUT2D eigenvalue weighted by molar-refractivity contribution is 0.0585. The molecular weight excluding hydrogens is 288 g/mol. The molecule has 1 aromatic carbocycles. The zero-order valence-corrected chi connectivity index (χ0v) is 13.8. The molecule has 2 heterocycles. The molecule has 3 aliphatic rings. The van der Waals surface area contributed by atoms with Crippen LogP contribution < -0.4 is 5.32 Å². The van der Waals surface area contributed by atoms with E-state index in [4.69, 9.17) is 4.74 Å². The van der Waals surface area contributed by atoms with Gasteiger partial charge in [-0.15, -0.1) is 0 Å². The van der Waals surface area contributed by atoms with Crippen molar-refractivity contribution >= 4 is 6.09 Å². The second-order valence-corrected chi connectivity index (χ2v) is 6.53. The van der Waals surface area contributed by atoms with Gasteiger partial charge in [-0.25, -0.2) is 4.79 Å². The number of nitrogens with zero attached hydrogens (tertiary/aromatic N) is 1. The van der Waals surface area contributed by atoms with Crippen molar-refractivity contribution in [1.82, 2.24) is 10.2 Å². The lowest BCUT2D eigenvalue weighted by Gasteiger charge is -2.45. The van der Waals surface area contributed by atoms with Crippen molar-refractivity contribution in [3.63, 3.8) is 0 Å². The summed E-state index contributed by atoms with van der Waals surface area (Å²) in [7, 11) is 1.47. The van der Waals surface area contributed by atoms with Crippen molar-refractivity contribution in [2.45, 2.75) is 25.3 Å². The molecule has 1 fully saturated rings. The molecule has 4 nitrogen and oxygen atoms in total. The summed E-state index contributed by atoms with van der Waals surface area (Å²) in [5.74, 6) is 1.04. The van der Waals surface area contributed by atoms with Gasteiger partial charge in [0.25, 0.3) is 0 Å². The van der Waals surface area contributed by atoms with Crippen LogP contribution in [-0.2, 0) is 11.2 Å². The Hall–Kier alpha value is -1.81. The second-order valence-electron chi connectivity index (χ2n) is 6.53. The van der Waals surface area contributed by atoms with Crippen LogP contribution in [0.4, 0.5) is 4.79 Å². The summed E-state index contributed by atoms with van der Waals surface area (Å²) in [5.41, 5.74) is 1.37. The molecule has 1 saturated heterocycles. The number of carbonyl (C=O) groups is 1. The number of piperidine rings is 1. The largest absolute Gasteiger partial charge is 0.453 e. The van der Waals surface area contributed by atoms with Gasteiger partial charge in [-0.05, 0) is 49.8 Å². The maximum atomic E-state index is 11.9. The van der Waals surface area contributed by atoms with Gasteiger partial charge in [0, 0.05) is 6.54 Å². The summed E-state index contributed by atoms with van der Waals surface area (Å²) < 4.78 is 4.92. The lowest BCUT2D eigenvalue weighted by Crippen LogP contribution is -2.53.